The summed E-state index contributed by atoms with van der Waals surface area (Å²) in [6.45, 7) is 5.53. The number of nitrogens with zero attached hydrogens (tertiary/aromatic N) is 2. The number of nitrogens with two attached hydrogens (primary N) is 2. The molecule has 1 aromatic rings. The Hall–Kier alpha value is -1.82. The van der Waals surface area contributed by atoms with E-state index in [0.717, 1.165) is 18.8 Å². The molecule has 4 N–H and O–H groups in total. The second kappa shape index (κ2) is 5.44. The molecule has 0 bridgehead atoms. The van der Waals surface area contributed by atoms with Crippen molar-refractivity contribution in [2.24, 2.45) is 5.73 Å². The fourth-order valence-electron chi connectivity index (χ4n) is 2.29. The Bertz CT molecular complexity index is 478. The molecule has 19 heavy (non-hydrogen) atoms. The van der Waals surface area contributed by atoms with E-state index in [0.29, 0.717) is 17.9 Å². The lowest BCUT2D eigenvalue weighted by atomic mass is 10.1. The van der Waals surface area contributed by atoms with Gasteiger partial charge in [0.25, 0.3) is 5.91 Å². The number of rotatable bonds is 3. The molecule has 1 fully saturated rings. The maximum Gasteiger partial charge on any atom is 0.250 e. The number of carbonyl (C=O) groups excluding carboxylic acids is 1. The Morgan fingerprint density at radius 1 is 1.63 bits per heavy atom. The van der Waals surface area contributed by atoms with E-state index in [2.05, 4.69) is 16.8 Å². The molecule has 2 atom stereocenters. The molecule has 0 aliphatic carbocycles. The van der Waals surface area contributed by atoms with Crippen molar-refractivity contribution < 1.29 is 9.53 Å². The Kier molecular flexibility index (Phi) is 3.90. The Morgan fingerprint density at radius 2 is 2.37 bits per heavy atom. The lowest BCUT2D eigenvalue weighted by molar-refractivity contribution is 0.0296. The minimum Gasteiger partial charge on any atom is -0.397 e. The summed E-state index contributed by atoms with van der Waals surface area (Å²) in [6, 6.07) is 1.92. The highest BCUT2D eigenvalue weighted by Crippen LogP contribution is 2.24. The maximum atomic E-state index is 11.3. The van der Waals surface area contributed by atoms with E-state index >= 15 is 0 Å². The summed E-state index contributed by atoms with van der Waals surface area (Å²) in [7, 11) is 0. The first-order valence-electron chi connectivity index (χ1n) is 6.46. The molecule has 0 radical (unpaired) electrons. The third-order valence-electron chi connectivity index (χ3n) is 3.42. The van der Waals surface area contributed by atoms with Gasteiger partial charge >= 0.3 is 0 Å². The molecular weight excluding hydrogens is 244 g/mol. The second-order valence-electron chi connectivity index (χ2n) is 4.85. The zero-order chi connectivity index (χ0) is 14.0. The standard InChI is InChI=1S/C13H20N4O2/c1-3-9-7-19-8(2)6-17(9)12-4-10(13(15)18)11(14)5-16-12/h4-5,8-9H,3,6-7,14H2,1-2H3,(H2,15,18). The Morgan fingerprint density at radius 3 is 3.00 bits per heavy atom. The van der Waals surface area contributed by atoms with Gasteiger partial charge in [-0.05, 0) is 19.4 Å². The number of morpholine rings is 1. The number of carbonyl (C=O) groups is 1. The van der Waals surface area contributed by atoms with Crippen molar-refractivity contribution in [3.05, 3.63) is 17.8 Å². The highest BCUT2D eigenvalue weighted by atomic mass is 16.5. The van der Waals surface area contributed by atoms with Crippen molar-refractivity contribution in [2.75, 3.05) is 23.8 Å². The molecule has 1 aromatic heterocycles. The summed E-state index contributed by atoms with van der Waals surface area (Å²) in [5.41, 5.74) is 11.7. The van der Waals surface area contributed by atoms with Crippen molar-refractivity contribution in [3.8, 4) is 0 Å². The van der Waals surface area contributed by atoms with Gasteiger partial charge in [0.15, 0.2) is 0 Å². The largest absolute Gasteiger partial charge is 0.397 e. The van der Waals surface area contributed by atoms with Gasteiger partial charge in [0.1, 0.15) is 5.82 Å². The summed E-state index contributed by atoms with van der Waals surface area (Å²) in [5, 5.41) is 0. The van der Waals surface area contributed by atoms with Gasteiger partial charge in [-0.25, -0.2) is 4.98 Å². The first-order chi connectivity index (χ1) is 9.02. The summed E-state index contributed by atoms with van der Waals surface area (Å²) in [6.07, 6.45) is 2.58. The van der Waals surface area contributed by atoms with Gasteiger partial charge in [-0.1, -0.05) is 6.92 Å². The third kappa shape index (κ3) is 2.78. The van der Waals surface area contributed by atoms with E-state index in [1.807, 2.05) is 6.92 Å². The molecule has 0 saturated carbocycles. The minimum atomic E-state index is -0.532. The average Bonchev–Trinajstić information content (AvgIpc) is 2.39. The molecule has 104 valence electrons. The monoisotopic (exact) mass is 264 g/mol. The van der Waals surface area contributed by atoms with E-state index in [9.17, 15) is 4.79 Å². The van der Waals surface area contributed by atoms with Crippen LogP contribution in [0.2, 0.25) is 0 Å². The van der Waals surface area contributed by atoms with E-state index < -0.39 is 5.91 Å². The number of primary amides is 1. The maximum absolute atomic E-state index is 11.3. The van der Waals surface area contributed by atoms with E-state index in [-0.39, 0.29) is 12.1 Å². The number of aromatic nitrogens is 1. The highest BCUT2D eigenvalue weighted by molar-refractivity contribution is 5.98. The quantitative estimate of drug-likeness (QED) is 0.840. The van der Waals surface area contributed by atoms with Gasteiger partial charge in [-0.15, -0.1) is 0 Å². The van der Waals surface area contributed by atoms with Crippen molar-refractivity contribution in [3.63, 3.8) is 0 Å². The molecule has 6 heteroatoms. The highest BCUT2D eigenvalue weighted by Gasteiger charge is 2.27. The van der Waals surface area contributed by atoms with E-state index in [1.165, 1.54) is 6.20 Å². The molecule has 1 aliphatic rings. The number of anilines is 2. The summed E-state index contributed by atoms with van der Waals surface area (Å²) < 4.78 is 5.65. The van der Waals surface area contributed by atoms with Crippen molar-refractivity contribution in [1.29, 1.82) is 0 Å². The molecule has 1 saturated heterocycles. The van der Waals surface area contributed by atoms with E-state index in [4.69, 9.17) is 16.2 Å². The zero-order valence-corrected chi connectivity index (χ0v) is 11.3. The molecule has 0 aromatic carbocycles. The smallest absolute Gasteiger partial charge is 0.250 e. The molecule has 6 nitrogen and oxygen atoms in total. The number of hydrogen-bond acceptors (Lipinski definition) is 5. The minimum absolute atomic E-state index is 0.138. The van der Waals surface area contributed by atoms with Gasteiger partial charge in [0.2, 0.25) is 0 Å². The first-order valence-corrected chi connectivity index (χ1v) is 6.46. The van der Waals surface area contributed by atoms with Crippen LogP contribution in [-0.2, 0) is 4.74 Å². The number of hydrogen-bond donors (Lipinski definition) is 2. The van der Waals surface area contributed by atoms with E-state index in [1.54, 1.807) is 6.07 Å². The van der Waals surface area contributed by atoms with Crippen LogP contribution in [0.25, 0.3) is 0 Å². The van der Waals surface area contributed by atoms with Crippen LogP contribution >= 0.6 is 0 Å². The van der Waals surface area contributed by atoms with Gasteiger partial charge in [0, 0.05) is 6.54 Å². The van der Waals surface area contributed by atoms with Gasteiger partial charge in [-0.3, -0.25) is 4.79 Å². The SMILES string of the molecule is CCC1COC(C)CN1c1cc(C(N)=O)c(N)cn1. The van der Waals surface area contributed by atoms with Crippen molar-refractivity contribution in [1.82, 2.24) is 4.98 Å². The van der Waals surface area contributed by atoms with Crippen LogP contribution < -0.4 is 16.4 Å². The zero-order valence-electron chi connectivity index (χ0n) is 11.3. The molecule has 0 spiro atoms. The summed E-state index contributed by atoms with van der Waals surface area (Å²) >= 11 is 0. The number of amides is 1. The van der Waals surface area contributed by atoms with Crippen LogP contribution in [0, 0.1) is 0 Å². The summed E-state index contributed by atoms with van der Waals surface area (Å²) in [5.74, 6) is 0.195. The van der Waals surface area contributed by atoms with Gasteiger partial charge < -0.3 is 21.1 Å². The summed E-state index contributed by atoms with van der Waals surface area (Å²) in [4.78, 5) is 17.8. The van der Waals surface area contributed by atoms with Crippen LogP contribution in [0.15, 0.2) is 12.3 Å². The van der Waals surface area contributed by atoms with Gasteiger partial charge in [0.05, 0.1) is 36.2 Å². The molecular formula is C13H20N4O2. The van der Waals surface area contributed by atoms with Crippen LogP contribution in [-0.4, -0.2) is 36.2 Å². The van der Waals surface area contributed by atoms with Crippen LogP contribution in [0.1, 0.15) is 30.6 Å². The number of nitrogen functional groups attached to an aromatic ring is 1. The Balaban J connectivity index is 2.33. The molecule has 2 rings (SSSR count). The van der Waals surface area contributed by atoms with Crippen molar-refractivity contribution in [2.45, 2.75) is 32.4 Å². The van der Waals surface area contributed by atoms with Crippen LogP contribution in [0.5, 0.6) is 0 Å². The average molecular weight is 264 g/mol. The third-order valence-corrected chi connectivity index (χ3v) is 3.42. The lowest BCUT2D eigenvalue weighted by Gasteiger charge is -2.39. The van der Waals surface area contributed by atoms with Gasteiger partial charge in [-0.2, -0.15) is 0 Å². The lowest BCUT2D eigenvalue weighted by Crippen LogP contribution is -2.49. The predicted octanol–water partition coefficient (Wildman–Crippen LogP) is 0.766. The molecule has 2 unspecified atom stereocenters. The van der Waals surface area contributed by atoms with Crippen molar-refractivity contribution >= 4 is 17.4 Å². The normalized spacial score (nSPS) is 23.4. The first kappa shape index (κ1) is 13.6. The number of pyridine rings is 1. The topological polar surface area (TPSA) is 94.5 Å². The second-order valence-corrected chi connectivity index (χ2v) is 4.85. The van der Waals surface area contributed by atoms with Crippen LogP contribution in [0.3, 0.4) is 0 Å². The molecule has 1 aliphatic heterocycles. The molecule has 2 heterocycles. The molecule has 1 amide bonds. The number of ether oxygens (including phenoxy) is 1. The fraction of sp³-hybridized carbons (Fsp3) is 0.538. The Labute approximate surface area is 112 Å². The fourth-order valence-corrected chi connectivity index (χ4v) is 2.29. The predicted molar refractivity (Wildman–Crippen MR) is 74.0 cm³/mol. The van der Waals surface area contributed by atoms with Crippen LogP contribution in [0.4, 0.5) is 11.5 Å².